The summed E-state index contributed by atoms with van der Waals surface area (Å²) in [6, 6.07) is 1.59. The molecule has 14 heavy (non-hydrogen) atoms. The summed E-state index contributed by atoms with van der Waals surface area (Å²) in [5.41, 5.74) is -0.367. The van der Waals surface area contributed by atoms with Gasteiger partial charge in [0.1, 0.15) is 6.07 Å². The average Bonchev–Trinajstić information content (AvgIpc) is 2.14. The lowest BCUT2D eigenvalue weighted by Gasteiger charge is -2.15. The van der Waals surface area contributed by atoms with Crippen LogP contribution >= 0.6 is 0 Å². The second-order valence-electron chi connectivity index (χ2n) is 2.37. The topological polar surface area (TPSA) is 86.9 Å². The fourth-order valence-electron chi connectivity index (χ4n) is 0.715. The Hall–Kier alpha value is -1.68. The third kappa shape index (κ3) is 1.97. The van der Waals surface area contributed by atoms with Crippen LogP contribution in [-0.2, 0) is 10.0 Å². The van der Waals surface area contributed by atoms with Gasteiger partial charge in [-0.3, -0.25) is 4.31 Å². The Morgan fingerprint density at radius 3 is 2.71 bits per heavy atom. The lowest BCUT2D eigenvalue weighted by atomic mass is 10.4. The van der Waals surface area contributed by atoms with Gasteiger partial charge in [-0.1, -0.05) is 0 Å². The highest BCUT2D eigenvalue weighted by Crippen LogP contribution is 2.14. The van der Waals surface area contributed by atoms with Crippen LogP contribution < -0.4 is 4.31 Å². The number of hydrogen-bond acceptors (Lipinski definition) is 5. The Morgan fingerprint density at radius 2 is 2.21 bits per heavy atom. The van der Waals surface area contributed by atoms with E-state index in [0.717, 1.165) is 12.5 Å². The summed E-state index contributed by atoms with van der Waals surface area (Å²) in [6.45, 7) is -2.96. The number of aromatic nitrogens is 2. The third-order valence-electron chi connectivity index (χ3n) is 1.31. The van der Waals surface area contributed by atoms with Crippen molar-refractivity contribution in [3.8, 4) is 6.07 Å². The summed E-state index contributed by atoms with van der Waals surface area (Å²) in [5, 5.41) is 8.74. The Bertz CT molecular complexity index is 563. The molecule has 0 spiro atoms. The molecule has 7 heteroatoms. The summed E-state index contributed by atoms with van der Waals surface area (Å²) in [5.74, 6) is -0.502. The molecule has 1 rings (SSSR count). The summed E-state index contributed by atoms with van der Waals surface area (Å²) < 4.78 is 44.4. The van der Waals surface area contributed by atoms with Gasteiger partial charge in [0.25, 0.3) is 0 Å². The van der Waals surface area contributed by atoms with Crippen molar-refractivity contribution < 1.29 is 12.5 Å². The quantitative estimate of drug-likeness (QED) is 0.678. The van der Waals surface area contributed by atoms with E-state index in [1.54, 1.807) is 6.07 Å². The third-order valence-corrected chi connectivity index (χ3v) is 2.15. The predicted molar refractivity (Wildman–Crippen MR) is 50.0 cm³/mol. The summed E-state index contributed by atoms with van der Waals surface area (Å²) in [4.78, 5) is 7.15. The monoisotopic (exact) mass is 215 g/mol. The molecular formula is C7H8N4O2S. The van der Waals surface area contributed by atoms with Crippen LogP contribution in [0.25, 0.3) is 0 Å². The number of hydrogen-bond donors (Lipinski definition) is 0. The van der Waals surface area contributed by atoms with Crippen LogP contribution in [-0.4, -0.2) is 31.6 Å². The molecule has 0 radical (unpaired) electrons. The number of anilines is 1. The van der Waals surface area contributed by atoms with E-state index < -0.39 is 22.8 Å². The molecule has 0 unspecified atom stereocenters. The second kappa shape index (κ2) is 3.59. The van der Waals surface area contributed by atoms with Crippen LogP contribution in [0.1, 0.15) is 9.81 Å². The van der Waals surface area contributed by atoms with Crippen LogP contribution in [0.4, 0.5) is 5.82 Å². The molecular weight excluding hydrogens is 204 g/mol. The molecule has 1 aromatic heterocycles. The molecule has 0 bridgehead atoms. The zero-order chi connectivity index (χ0) is 13.3. The van der Waals surface area contributed by atoms with Crippen molar-refractivity contribution in [3.63, 3.8) is 0 Å². The molecule has 0 saturated heterocycles. The minimum absolute atomic E-state index is 0.103. The zero-order valence-electron chi connectivity index (χ0n) is 10.2. The molecule has 0 aromatic carbocycles. The smallest absolute Gasteiger partial charge is 0.233 e. The molecule has 1 heterocycles. The number of nitrogens with zero attached hydrogens (tertiary/aromatic N) is 4. The van der Waals surface area contributed by atoms with Gasteiger partial charge in [0.15, 0.2) is 11.5 Å². The summed E-state index contributed by atoms with van der Waals surface area (Å²) in [7, 11) is -4.09. The van der Waals surface area contributed by atoms with Crippen molar-refractivity contribution in [1.29, 1.82) is 5.26 Å². The maximum Gasteiger partial charge on any atom is 0.233 e. The molecule has 0 saturated carbocycles. The minimum atomic E-state index is -4.09. The van der Waals surface area contributed by atoms with E-state index >= 15 is 0 Å². The van der Waals surface area contributed by atoms with E-state index in [9.17, 15) is 8.42 Å². The zero-order valence-corrected chi connectivity index (χ0v) is 7.98. The van der Waals surface area contributed by atoms with E-state index in [2.05, 4.69) is 9.97 Å². The van der Waals surface area contributed by atoms with Crippen LogP contribution in [0.5, 0.6) is 0 Å². The fourth-order valence-corrected chi connectivity index (χ4v) is 1.16. The molecule has 6 nitrogen and oxygen atoms in total. The number of sulfonamides is 1. The standard InChI is InChI=1S/C7H8N4O2S/c1-11(14(2,12)13)7-6(5-8)9-3-4-10-7/h3-4H,1-2H3/i1D3. The van der Waals surface area contributed by atoms with Gasteiger partial charge >= 0.3 is 0 Å². The van der Waals surface area contributed by atoms with E-state index in [1.807, 2.05) is 0 Å². The highest BCUT2D eigenvalue weighted by atomic mass is 32.2. The minimum Gasteiger partial charge on any atom is -0.255 e. The van der Waals surface area contributed by atoms with Crippen molar-refractivity contribution in [2.75, 3.05) is 17.5 Å². The normalized spacial score (nSPS) is 14.7. The Morgan fingerprint density at radius 1 is 1.57 bits per heavy atom. The Kier molecular flexibility index (Phi) is 1.73. The summed E-state index contributed by atoms with van der Waals surface area (Å²) >= 11 is 0. The molecule has 0 amide bonds. The molecule has 74 valence electrons. The first-order chi connectivity index (χ1) is 7.68. The molecule has 0 fully saturated rings. The molecule has 0 aliphatic carbocycles. The largest absolute Gasteiger partial charge is 0.255 e. The van der Waals surface area contributed by atoms with E-state index in [0.29, 0.717) is 0 Å². The van der Waals surface area contributed by atoms with Crippen molar-refractivity contribution in [3.05, 3.63) is 18.1 Å². The van der Waals surface area contributed by atoms with Gasteiger partial charge in [-0.2, -0.15) is 5.26 Å². The SMILES string of the molecule is [2H]C([2H])([2H])N(c1nccnc1C#N)S(C)(=O)=O. The second-order valence-corrected chi connectivity index (χ2v) is 4.20. The lowest BCUT2D eigenvalue weighted by molar-refractivity contribution is 0.599. The molecule has 0 N–H and O–H groups in total. The molecule has 1 aromatic rings. The fraction of sp³-hybridized carbons (Fsp3) is 0.286. The average molecular weight is 215 g/mol. The van der Waals surface area contributed by atoms with E-state index in [4.69, 9.17) is 9.37 Å². The lowest BCUT2D eigenvalue weighted by Crippen LogP contribution is -2.26. The Balaban J connectivity index is 3.51. The van der Waals surface area contributed by atoms with Crippen molar-refractivity contribution in [2.24, 2.45) is 0 Å². The van der Waals surface area contributed by atoms with Crippen LogP contribution in [0, 0.1) is 11.3 Å². The molecule has 0 atom stereocenters. The number of rotatable bonds is 2. The highest BCUT2D eigenvalue weighted by Gasteiger charge is 2.17. The first-order valence-corrected chi connectivity index (χ1v) is 5.24. The van der Waals surface area contributed by atoms with Gasteiger partial charge in [-0.15, -0.1) is 0 Å². The van der Waals surface area contributed by atoms with Gasteiger partial charge in [-0.05, 0) is 0 Å². The predicted octanol–water partition coefficient (Wildman–Crippen LogP) is -0.256. The van der Waals surface area contributed by atoms with Gasteiger partial charge in [0.05, 0.1) is 6.26 Å². The van der Waals surface area contributed by atoms with Gasteiger partial charge in [0, 0.05) is 23.5 Å². The maximum absolute atomic E-state index is 11.4. The van der Waals surface area contributed by atoms with Crippen LogP contribution in [0.15, 0.2) is 12.4 Å². The van der Waals surface area contributed by atoms with Crippen molar-refractivity contribution >= 4 is 15.8 Å². The number of nitriles is 1. The van der Waals surface area contributed by atoms with E-state index in [-0.39, 0.29) is 10.00 Å². The van der Waals surface area contributed by atoms with Gasteiger partial charge < -0.3 is 0 Å². The first-order valence-electron chi connectivity index (χ1n) is 4.89. The van der Waals surface area contributed by atoms with Gasteiger partial charge in [0.2, 0.25) is 10.0 Å². The van der Waals surface area contributed by atoms with E-state index in [1.165, 1.54) is 6.20 Å². The first kappa shape index (κ1) is 6.73. The van der Waals surface area contributed by atoms with Crippen molar-refractivity contribution in [1.82, 2.24) is 9.97 Å². The highest BCUT2D eigenvalue weighted by molar-refractivity contribution is 7.92. The maximum atomic E-state index is 11.4. The molecule has 0 aliphatic rings. The van der Waals surface area contributed by atoms with Crippen LogP contribution in [0.3, 0.4) is 0 Å². The summed E-state index contributed by atoms with van der Waals surface area (Å²) in [6.07, 6.45) is 3.00. The Labute approximate surface area is 86.1 Å². The van der Waals surface area contributed by atoms with Gasteiger partial charge in [-0.25, -0.2) is 18.4 Å². The van der Waals surface area contributed by atoms with Crippen molar-refractivity contribution in [2.45, 2.75) is 0 Å². The molecule has 0 aliphatic heterocycles. The van der Waals surface area contributed by atoms with Crippen LogP contribution in [0.2, 0.25) is 0 Å².